The Bertz CT molecular complexity index is 1400. The van der Waals surface area contributed by atoms with Gasteiger partial charge in [0.1, 0.15) is 29.3 Å². The third-order valence-corrected chi connectivity index (χ3v) is 11.6. The quantitative estimate of drug-likeness (QED) is 0.316. The van der Waals surface area contributed by atoms with Gasteiger partial charge < -0.3 is 15.5 Å². The largest absolute Gasteiger partial charge is 0.368 e. The molecule has 1 fully saturated rings. The molecule has 39 heavy (non-hydrogen) atoms. The molecular formula is C32H32N6P+. The van der Waals surface area contributed by atoms with E-state index in [1.807, 2.05) is 0 Å². The summed E-state index contributed by atoms with van der Waals surface area (Å²) in [6.07, 6.45) is 0.661. The number of nitrogen functional groups attached to an aromatic ring is 1. The highest BCUT2D eigenvalue weighted by atomic mass is 31.2. The van der Waals surface area contributed by atoms with Crippen LogP contribution in [-0.4, -0.2) is 41.1 Å². The van der Waals surface area contributed by atoms with Gasteiger partial charge in [-0.1, -0.05) is 72.8 Å². The second-order valence-electron chi connectivity index (χ2n) is 9.69. The van der Waals surface area contributed by atoms with Crippen molar-refractivity contribution in [2.24, 2.45) is 0 Å². The molecule has 0 amide bonds. The van der Waals surface area contributed by atoms with Crippen molar-refractivity contribution >= 4 is 40.8 Å². The van der Waals surface area contributed by atoms with Gasteiger partial charge in [-0.15, -0.1) is 0 Å². The second-order valence-corrected chi connectivity index (χ2v) is 13.2. The van der Waals surface area contributed by atoms with Gasteiger partial charge in [0.15, 0.2) is 5.82 Å². The van der Waals surface area contributed by atoms with Gasteiger partial charge in [0.05, 0.1) is 0 Å². The van der Waals surface area contributed by atoms with E-state index in [0.29, 0.717) is 12.1 Å². The van der Waals surface area contributed by atoms with Crippen molar-refractivity contribution in [3.8, 4) is 0 Å². The number of nitrogens with two attached hydrogens (primary N) is 1. The van der Waals surface area contributed by atoms with E-state index in [9.17, 15) is 0 Å². The minimum atomic E-state index is -2.14. The molecule has 0 atom stereocenters. The Hall–Kier alpha value is -4.28. The third kappa shape index (κ3) is 5.21. The number of benzene rings is 4. The minimum absolute atomic E-state index is 0.271. The van der Waals surface area contributed by atoms with Gasteiger partial charge in [0.25, 0.3) is 0 Å². The van der Waals surface area contributed by atoms with Gasteiger partial charge in [-0.2, -0.15) is 15.0 Å². The molecular weight excluding hydrogens is 499 g/mol. The van der Waals surface area contributed by atoms with E-state index in [2.05, 4.69) is 136 Å². The van der Waals surface area contributed by atoms with Gasteiger partial charge in [-0.05, 0) is 48.5 Å². The lowest BCUT2D eigenvalue weighted by molar-refractivity contribution is 0.637. The lowest BCUT2D eigenvalue weighted by Crippen LogP contribution is -2.47. The van der Waals surface area contributed by atoms with Crippen molar-refractivity contribution in [3.05, 3.63) is 127 Å². The molecule has 0 unspecified atom stereocenters. The third-order valence-electron chi connectivity index (χ3n) is 7.34. The van der Waals surface area contributed by atoms with Crippen molar-refractivity contribution in [1.82, 2.24) is 15.0 Å². The normalized spacial score (nSPS) is 13.8. The van der Waals surface area contributed by atoms with Crippen LogP contribution in [0.4, 0.5) is 17.6 Å². The lowest BCUT2D eigenvalue weighted by atomic mass is 10.2. The average molecular weight is 532 g/mol. The van der Waals surface area contributed by atoms with E-state index in [-0.39, 0.29) is 5.95 Å². The van der Waals surface area contributed by atoms with Crippen molar-refractivity contribution in [2.75, 3.05) is 41.7 Å². The summed E-state index contributed by atoms with van der Waals surface area (Å²) in [5.74, 6) is 1.66. The van der Waals surface area contributed by atoms with Gasteiger partial charge in [0.2, 0.25) is 11.9 Å². The summed E-state index contributed by atoms with van der Waals surface area (Å²) in [5, 5.41) is 3.87. The summed E-state index contributed by atoms with van der Waals surface area (Å²) in [4.78, 5) is 19.0. The summed E-state index contributed by atoms with van der Waals surface area (Å²) < 4.78 is 0. The maximum Gasteiger partial charge on any atom is 0.230 e. The Morgan fingerprint density at radius 2 is 0.974 bits per heavy atom. The van der Waals surface area contributed by atoms with Crippen LogP contribution in [0.1, 0.15) is 5.82 Å². The van der Waals surface area contributed by atoms with Crippen molar-refractivity contribution < 1.29 is 0 Å². The summed E-state index contributed by atoms with van der Waals surface area (Å²) >= 11 is 0. The molecule has 0 aliphatic carbocycles. The smallest absolute Gasteiger partial charge is 0.230 e. The van der Waals surface area contributed by atoms with Crippen molar-refractivity contribution in [3.63, 3.8) is 0 Å². The zero-order chi connectivity index (χ0) is 26.5. The molecule has 5 aromatic rings. The highest BCUT2D eigenvalue weighted by molar-refractivity contribution is 7.95. The first-order chi connectivity index (χ1) is 19.2. The van der Waals surface area contributed by atoms with Crippen LogP contribution in [-0.2, 0) is 6.16 Å². The standard InChI is InChI=1S/C32H32N6P/c33-31-34-30(35-32(36-31)38-23-21-37(22-24-38)26-13-5-1-6-14-26)25-39(27-15-7-2-8-16-27,28-17-9-3-10-18-28)29-19-11-4-12-20-29/h1-20H,21-25H2,(H2,33,34,35,36)/q+1. The Balaban J connectivity index is 1.37. The fourth-order valence-electron chi connectivity index (χ4n) is 5.42. The molecule has 2 N–H and O–H groups in total. The van der Waals surface area contributed by atoms with Crippen LogP contribution in [0, 0.1) is 0 Å². The Morgan fingerprint density at radius 3 is 1.46 bits per heavy atom. The monoisotopic (exact) mass is 531 g/mol. The van der Waals surface area contributed by atoms with Crippen LogP contribution < -0.4 is 31.4 Å². The second kappa shape index (κ2) is 11.2. The zero-order valence-corrected chi connectivity index (χ0v) is 22.7. The van der Waals surface area contributed by atoms with Crippen LogP contribution in [0.3, 0.4) is 0 Å². The van der Waals surface area contributed by atoms with Crippen LogP contribution in [0.5, 0.6) is 0 Å². The lowest BCUT2D eigenvalue weighted by Gasteiger charge is -2.36. The van der Waals surface area contributed by atoms with E-state index >= 15 is 0 Å². The van der Waals surface area contributed by atoms with E-state index in [4.69, 9.17) is 15.7 Å². The number of nitrogens with zero attached hydrogens (tertiary/aromatic N) is 5. The Morgan fingerprint density at radius 1 is 0.538 bits per heavy atom. The number of piperazine rings is 1. The van der Waals surface area contributed by atoms with Crippen LogP contribution in [0.2, 0.25) is 0 Å². The topological polar surface area (TPSA) is 71.2 Å². The minimum Gasteiger partial charge on any atom is -0.368 e. The molecule has 0 saturated carbocycles. The molecule has 4 aromatic carbocycles. The molecule has 6 nitrogen and oxygen atoms in total. The molecule has 1 aromatic heterocycles. The Labute approximate surface area is 230 Å². The predicted octanol–water partition coefficient (Wildman–Crippen LogP) is 4.27. The highest BCUT2D eigenvalue weighted by Crippen LogP contribution is 2.57. The summed E-state index contributed by atoms with van der Waals surface area (Å²) in [7, 11) is -2.14. The summed E-state index contributed by atoms with van der Waals surface area (Å²) in [5.41, 5.74) is 7.58. The predicted molar refractivity (Wildman–Crippen MR) is 164 cm³/mol. The molecule has 194 valence electrons. The number of para-hydroxylation sites is 1. The maximum atomic E-state index is 6.33. The number of anilines is 3. The van der Waals surface area contributed by atoms with Crippen LogP contribution in [0.15, 0.2) is 121 Å². The molecule has 1 saturated heterocycles. The number of hydrogen-bond acceptors (Lipinski definition) is 6. The Kier molecular flexibility index (Phi) is 7.20. The highest BCUT2D eigenvalue weighted by Gasteiger charge is 2.46. The first kappa shape index (κ1) is 25.0. The first-order valence-electron chi connectivity index (χ1n) is 13.3. The number of aromatic nitrogens is 3. The van der Waals surface area contributed by atoms with E-state index in [1.54, 1.807) is 0 Å². The van der Waals surface area contributed by atoms with Gasteiger partial charge >= 0.3 is 0 Å². The fraction of sp³-hybridized carbons (Fsp3) is 0.156. The van der Waals surface area contributed by atoms with E-state index in [1.165, 1.54) is 21.6 Å². The van der Waals surface area contributed by atoms with Crippen molar-refractivity contribution in [2.45, 2.75) is 6.16 Å². The van der Waals surface area contributed by atoms with Crippen LogP contribution in [0.25, 0.3) is 0 Å². The SMILES string of the molecule is Nc1nc(C[P+](c2ccccc2)(c2ccccc2)c2ccccc2)nc(N2CCN(c3ccccc3)CC2)n1. The number of rotatable bonds is 7. The molecule has 0 spiro atoms. The molecule has 1 aliphatic rings. The molecule has 0 bridgehead atoms. The summed E-state index contributed by atoms with van der Waals surface area (Å²) in [6.45, 7) is 3.46. The molecule has 7 heteroatoms. The average Bonchev–Trinajstić information content (AvgIpc) is 3.01. The molecule has 2 heterocycles. The van der Waals surface area contributed by atoms with Gasteiger partial charge in [-0.3, -0.25) is 0 Å². The fourth-order valence-corrected chi connectivity index (χ4v) is 9.47. The summed E-state index contributed by atoms with van der Waals surface area (Å²) in [6, 6.07) is 42.9. The van der Waals surface area contributed by atoms with Crippen molar-refractivity contribution in [1.29, 1.82) is 0 Å². The van der Waals surface area contributed by atoms with Gasteiger partial charge in [-0.25, -0.2) is 0 Å². The van der Waals surface area contributed by atoms with Crippen LogP contribution >= 0.6 is 7.26 Å². The first-order valence-corrected chi connectivity index (χ1v) is 15.3. The zero-order valence-electron chi connectivity index (χ0n) is 21.8. The molecule has 1 aliphatic heterocycles. The maximum absolute atomic E-state index is 6.33. The molecule has 6 rings (SSSR count). The van der Waals surface area contributed by atoms with Gasteiger partial charge in [0, 0.05) is 31.9 Å². The number of hydrogen-bond donors (Lipinski definition) is 1. The van der Waals surface area contributed by atoms with E-state index < -0.39 is 7.26 Å². The molecule has 0 radical (unpaired) electrons. The van der Waals surface area contributed by atoms with E-state index in [0.717, 1.165) is 32.0 Å².